The number of hydrogen-bond acceptors (Lipinski definition) is 2. The third-order valence-corrected chi connectivity index (χ3v) is 12.3. The molecule has 0 saturated heterocycles. The van der Waals surface area contributed by atoms with Crippen LogP contribution in [0.1, 0.15) is 0 Å². The van der Waals surface area contributed by atoms with Crippen molar-refractivity contribution in [3.05, 3.63) is 103 Å². The van der Waals surface area contributed by atoms with Crippen LogP contribution in [0, 0.1) is 0 Å². The van der Waals surface area contributed by atoms with Crippen LogP contribution in [0.2, 0.25) is 0 Å². The molecule has 142 valence electrons. The number of aliphatic imine (C=N–C) groups is 2. The molecule has 0 fully saturated rings. The Balaban J connectivity index is 2.20. The second kappa shape index (κ2) is 9.10. The molecule has 0 unspecified atom stereocenters. The summed E-state index contributed by atoms with van der Waals surface area (Å²) in [6.45, 7) is 4.05. The molecule has 0 atom stereocenters. The predicted molar refractivity (Wildman–Crippen MR) is 128 cm³/mol. The minimum atomic E-state index is -3.21. The molecule has 0 bridgehead atoms. The molecule has 0 amide bonds. The molecule has 4 heteroatoms. The summed E-state index contributed by atoms with van der Waals surface area (Å²) in [6.07, 6.45) is 5.89. The molecular formula is C24H24ClN2P. The quantitative estimate of drug-likeness (QED) is 0.373. The molecule has 0 aromatic heterocycles. The van der Waals surface area contributed by atoms with Crippen LogP contribution in [0.15, 0.2) is 113 Å². The summed E-state index contributed by atoms with van der Waals surface area (Å²) in [5, 5.41) is 3.48. The normalized spacial score (nSPS) is 13.4. The molecule has 0 heterocycles. The van der Waals surface area contributed by atoms with Gasteiger partial charge in [-0.3, -0.25) is 0 Å². The maximum absolute atomic E-state index is 7.92. The van der Waals surface area contributed by atoms with Crippen LogP contribution in [-0.4, -0.2) is 25.6 Å². The molecule has 0 saturated carbocycles. The summed E-state index contributed by atoms with van der Waals surface area (Å²) in [5.74, 6) is -3.21. The fourth-order valence-electron chi connectivity index (χ4n) is 3.53. The van der Waals surface area contributed by atoms with Crippen molar-refractivity contribution in [1.82, 2.24) is 0 Å². The number of nitrogens with zero attached hydrogens (tertiary/aromatic N) is 2. The van der Waals surface area contributed by atoms with Gasteiger partial charge in [-0.1, -0.05) is 0 Å². The van der Waals surface area contributed by atoms with Crippen LogP contribution < -0.4 is 15.9 Å². The Morgan fingerprint density at radius 1 is 0.750 bits per heavy atom. The van der Waals surface area contributed by atoms with Crippen molar-refractivity contribution in [2.75, 3.05) is 12.7 Å². The molecule has 28 heavy (non-hydrogen) atoms. The van der Waals surface area contributed by atoms with Crippen LogP contribution in [0.3, 0.4) is 0 Å². The van der Waals surface area contributed by atoms with E-state index in [1.807, 2.05) is 18.2 Å². The Labute approximate surface area is 172 Å². The number of rotatable bonds is 8. The van der Waals surface area contributed by atoms with Crippen molar-refractivity contribution in [3.8, 4) is 0 Å². The van der Waals surface area contributed by atoms with Gasteiger partial charge >= 0.3 is 172 Å². The number of benzene rings is 3. The standard InChI is InChI=1S/C24H24ClN2P/c1-26-18-11-19-27-20-21-28(25,22-12-5-2-6-13-22,23-14-7-3-8-15-23)24-16-9-4-10-17-24/h2-19H,1,20-21H2/b18-11-,27-19?. The van der Waals surface area contributed by atoms with E-state index in [0.29, 0.717) is 6.54 Å². The third-order valence-electron chi connectivity index (χ3n) is 4.92. The third kappa shape index (κ3) is 3.85. The number of hydrogen-bond donors (Lipinski definition) is 0. The van der Waals surface area contributed by atoms with Gasteiger partial charge in [0.2, 0.25) is 0 Å². The molecule has 0 spiro atoms. The summed E-state index contributed by atoms with van der Waals surface area (Å²) < 4.78 is 0. The summed E-state index contributed by atoms with van der Waals surface area (Å²) in [7, 11) is 0. The van der Waals surface area contributed by atoms with Crippen molar-refractivity contribution in [3.63, 3.8) is 0 Å². The Morgan fingerprint density at radius 3 is 1.57 bits per heavy atom. The van der Waals surface area contributed by atoms with Crippen LogP contribution in [0.25, 0.3) is 0 Å². The predicted octanol–water partition coefficient (Wildman–Crippen LogP) is 4.96. The van der Waals surface area contributed by atoms with E-state index < -0.39 is 5.96 Å². The van der Waals surface area contributed by atoms with Crippen LogP contribution >= 0.6 is 17.2 Å². The number of allylic oxidation sites excluding steroid dienone is 1. The topological polar surface area (TPSA) is 24.7 Å². The average Bonchev–Trinajstić information content (AvgIpc) is 2.78. The van der Waals surface area contributed by atoms with Crippen molar-refractivity contribution in [2.24, 2.45) is 9.98 Å². The van der Waals surface area contributed by atoms with E-state index in [4.69, 9.17) is 11.2 Å². The molecule has 2 nitrogen and oxygen atoms in total. The van der Waals surface area contributed by atoms with E-state index >= 15 is 0 Å². The first-order valence-corrected chi connectivity index (χ1v) is 12.5. The molecule has 0 radical (unpaired) electrons. The molecule has 3 rings (SSSR count). The monoisotopic (exact) mass is 406 g/mol. The van der Waals surface area contributed by atoms with Crippen molar-refractivity contribution in [1.29, 1.82) is 0 Å². The fraction of sp³-hybridized carbons (Fsp3) is 0.0833. The molecule has 0 N–H and O–H groups in total. The van der Waals surface area contributed by atoms with Gasteiger partial charge in [0.25, 0.3) is 0 Å². The van der Waals surface area contributed by atoms with E-state index in [1.165, 1.54) is 0 Å². The second-order valence-corrected chi connectivity index (χ2v) is 13.1. The van der Waals surface area contributed by atoms with Crippen LogP contribution in [-0.2, 0) is 0 Å². The zero-order valence-electron chi connectivity index (χ0n) is 15.7. The van der Waals surface area contributed by atoms with E-state index in [2.05, 4.69) is 89.5 Å². The van der Waals surface area contributed by atoms with Gasteiger partial charge in [0, 0.05) is 0 Å². The Hall–Kier alpha value is -2.54. The van der Waals surface area contributed by atoms with Gasteiger partial charge in [-0.15, -0.1) is 0 Å². The summed E-state index contributed by atoms with van der Waals surface area (Å²) in [4.78, 5) is 8.26. The second-order valence-electron chi connectivity index (χ2n) is 6.49. The van der Waals surface area contributed by atoms with Gasteiger partial charge in [0.1, 0.15) is 0 Å². The van der Waals surface area contributed by atoms with Gasteiger partial charge in [-0.05, 0) is 0 Å². The van der Waals surface area contributed by atoms with Crippen LogP contribution in [0.5, 0.6) is 0 Å². The van der Waals surface area contributed by atoms with Crippen molar-refractivity contribution >= 4 is 46.0 Å². The van der Waals surface area contributed by atoms with Gasteiger partial charge in [-0.25, -0.2) is 0 Å². The van der Waals surface area contributed by atoms with Gasteiger partial charge in [-0.2, -0.15) is 0 Å². The molecule has 0 aliphatic carbocycles. The van der Waals surface area contributed by atoms with Crippen LogP contribution in [0.4, 0.5) is 0 Å². The Kier molecular flexibility index (Phi) is 6.57. The zero-order chi connectivity index (χ0) is 19.7. The fourth-order valence-corrected chi connectivity index (χ4v) is 9.31. The molecule has 0 aliphatic heterocycles. The summed E-state index contributed by atoms with van der Waals surface area (Å²) in [5.41, 5.74) is 0. The first kappa shape index (κ1) is 20.2. The van der Waals surface area contributed by atoms with Gasteiger partial charge in [0.15, 0.2) is 0 Å². The maximum atomic E-state index is 7.92. The van der Waals surface area contributed by atoms with E-state index in [-0.39, 0.29) is 0 Å². The van der Waals surface area contributed by atoms with E-state index in [0.717, 1.165) is 22.1 Å². The minimum absolute atomic E-state index is 0.613. The molecular weight excluding hydrogens is 383 g/mol. The molecule has 0 aliphatic rings. The Bertz CT molecular complexity index is 854. The number of halogens is 1. The van der Waals surface area contributed by atoms with Gasteiger partial charge in [0.05, 0.1) is 0 Å². The average molecular weight is 407 g/mol. The first-order chi connectivity index (χ1) is 13.7. The summed E-state index contributed by atoms with van der Waals surface area (Å²) >= 11 is 7.92. The molecule has 3 aromatic carbocycles. The molecule has 3 aromatic rings. The van der Waals surface area contributed by atoms with E-state index in [9.17, 15) is 0 Å². The summed E-state index contributed by atoms with van der Waals surface area (Å²) in [6, 6.07) is 31.4. The SMILES string of the molecule is C=N/C=C\C=NCCP(Cl)(c1ccccc1)(c1ccccc1)c1ccccc1. The first-order valence-electron chi connectivity index (χ1n) is 9.20. The zero-order valence-corrected chi connectivity index (χ0v) is 17.4. The Morgan fingerprint density at radius 2 is 1.18 bits per heavy atom. The van der Waals surface area contributed by atoms with Gasteiger partial charge < -0.3 is 0 Å². The van der Waals surface area contributed by atoms with Crippen molar-refractivity contribution < 1.29 is 0 Å². The van der Waals surface area contributed by atoms with E-state index in [1.54, 1.807) is 18.5 Å². The van der Waals surface area contributed by atoms with Crippen molar-refractivity contribution in [2.45, 2.75) is 0 Å².